The van der Waals surface area contributed by atoms with E-state index < -0.39 is 0 Å². The van der Waals surface area contributed by atoms with Crippen molar-refractivity contribution in [3.8, 4) is 17.2 Å². The molecule has 130 valence electrons. The molecule has 1 saturated carbocycles. The van der Waals surface area contributed by atoms with E-state index in [1.165, 1.54) is 6.92 Å². The van der Waals surface area contributed by atoms with Crippen LogP contribution in [-0.4, -0.2) is 27.3 Å². The minimum absolute atomic E-state index is 0.285. The molecule has 3 rings (SSSR count). The molecule has 2 aliphatic rings. The average Bonchev–Trinajstić information content (AvgIpc) is 3.32. The van der Waals surface area contributed by atoms with E-state index in [1.54, 1.807) is 21.3 Å². The molecule has 0 saturated heterocycles. The number of benzene rings is 1. The van der Waals surface area contributed by atoms with Crippen LogP contribution in [0, 0.1) is 11.8 Å². The Labute approximate surface area is 142 Å². The molecule has 0 N–H and O–H groups in total. The molecule has 2 aliphatic carbocycles. The van der Waals surface area contributed by atoms with E-state index in [0.717, 1.165) is 42.6 Å². The van der Waals surface area contributed by atoms with Gasteiger partial charge in [0.25, 0.3) is 0 Å². The first-order chi connectivity index (χ1) is 11.6. The molecule has 0 spiro atoms. The number of carbonyl (C=O) groups excluding carboxylic acids is 1. The van der Waals surface area contributed by atoms with Crippen molar-refractivity contribution in [2.75, 3.05) is 21.3 Å². The first-order valence-corrected chi connectivity index (χ1v) is 8.30. The summed E-state index contributed by atoms with van der Waals surface area (Å²) in [5, 5.41) is 0. The zero-order valence-electron chi connectivity index (χ0n) is 14.7. The molecule has 1 fully saturated rings. The summed E-state index contributed by atoms with van der Waals surface area (Å²) in [7, 11) is 4.83. The summed E-state index contributed by atoms with van der Waals surface area (Å²) in [4.78, 5) is 11.5. The Morgan fingerprint density at radius 3 is 2.50 bits per heavy atom. The fraction of sp³-hybridized carbons (Fsp3) is 0.526. The Balaban J connectivity index is 2.17. The Bertz CT molecular complexity index is 677. The maximum atomic E-state index is 11.5. The van der Waals surface area contributed by atoms with Crippen molar-refractivity contribution in [2.24, 2.45) is 11.8 Å². The highest BCUT2D eigenvalue weighted by Crippen LogP contribution is 2.51. The van der Waals surface area contributed by atoms with Crippen LogP contribution in [0.1, 0.15) is 37.3 Å². The van der Waals surface area contributed by atoms with Gasteiger partial charge in [-0.25, -0.2) is 0 Å². The van der Waals surface area contributed by atoms with Gasteiger partial charge in [0.15, 0.2) is 11.5 Å². The summed E-state index contributed by atoms with van der Waals surface area (Å²) in [6.07, 6.45) is 6.20. The van der Waals surface area contributed by atoms with Crippen LogP contribution in [0.4, 0.5) is 0 Å². The molecule has 0 radical (unpaired) electrons. The standard InChI is InChI=1S/C19H24O5/c1-11(20)24-16-10-15-13(7-5-6-12-8-14(12)16)9-17(21-2)19(23-4)18(15)22-3/h9-10,12,14H,5-8H2,1-4H3/b16-10+. The highest BCUT2D eigenvalue weighted by atomic mass is 16.5. The molecular weight excluding hydrogens is 308 g/mol. The van der Waals surface area contributed by atoms with E-state index in [0.29, 0.717) is 29.1 Å². The van der Waals surface area contributed by atoms with E-state index in [4.69, 9.17) is 18.9 Å². The third kappa shape index (κ3) is 3.07. The van der Waals surface area contributed by atoms with E-state index in [1.807, 2.05) is 12.1 Å². The molecule has 0 bridgehead atoms. The van der Waals surface area contributed by atoms with Crippen molar-refractivity contribution in [3.05, 3.63) is 23.0 Å². The number of esters is 1. The summed E-state index contributed by atoms with van der Waals surface area (Å²) in [6, 6.07) is 2.00. The number of fused-ring (bicyclic) bond motifs is 2. The molecule has 0 heterocycles. The summed E-state index contributed by atoms with van der Waals surface area (Å²) in [6.45, 7) is 1.44. The second-order valence-electron chi connectivity index (χ2n) is 6.35. The number of aryl methyl sites for hydroxylation is 1. The molecule has 24 heavy (non-hydrogen) atoms. The van der Waals surface area contributed by atoms with Crippen LogP contribution in [-0.2, 0) is 16.0 Å². The van der Waals surface area contributed by atoms with Crippen LogP contribution in [0.3, 0.4) is 0 Å². The van der Waals surface area contributed by atoms with Crippen molar-refractivity contribution < 1.29 is 23.7 Å². The number of carbonyl (C=O) groups is 1. The van der Waals surface area contributed by atoms with E-state index >= 15 is 0 Å². The number of ether oxygens (including phenoxy) is 4. The minimum atomic E-state index is -0.285. The first kappa shape index (κ1) is 16.7. The zero-order valence-corrected chi connectivity index (χ0v) is 14.7. The van der Waals surface area contributed by atoms with E-state index in [2.05, 4.69) is 0 Å². The van der Waals surface area contributed by atoms with Gasteiger partial charge in [-0.2, -0.15) is 0 Å². The van der Waals surface area contributed by atoms with Crippen molar-refractivity contribution >= 4 is 12.0 Å². The Morgan fingerprint density at radius 1 is 1.12 bits per heavy atom. The summed E-state index contributed by atoms with van der Waals surface area (Å²) < 4.78 is 22.1. The average molecular weight is 332 g/mol. The quantitative estimate of drug-likeness (QED) is 0.789. The smallest absolute Gasteiger partial charge is 0.307 e. The molecule has 0 aliphatic heterocycles. The van der Waals surface area contributed by atoms with Crippen molar-refractivity contribution in [2.45, 2.75) is 32.6 Å². The van der Waals surface area contributed by atoms with Crippen LogP contribution in [0.2, 0.25) is 0 Å². The van der Waals surface area contributed by atoms with Gasteiger partial charge < -0.3 is 18.9 Å². The van der Waals surface area contributed by atoms with Gasteiger partial charge in [-0.3, -0.25) is 4.79 Å². The number of rotatable bonds is 4. The molecule has 5 nitrogen and oxygen atoms in total. The van der Waals surface area contributed by atoms with Crippen molar-refractivity contribution in [3.63, 3.8) is 0 Å². The SMILES string of the molecule is COc1cc2c(c(OC)c1OC)/C=C(/OC(C)=O)C1CC1CCC2. The molecule has 5 heteroatoms. The zero-order chi connectivity index (χ0) is 17.3. The molecule has 1 aromatic rings. The summed E-state index contributed by atoms with van der Waals surface area (Å²) in [5.41, 5.74) is 2.04. The van der Waals surface area contributed by atoms with Crippen LogP contribution in [0.5, 0.6) is 17.2 Å². The highest BCUT2D eigenvalue weighted by Gasteiger charge is 2.42. The van der Waals surface area contributed by atoms with E-state index in [-0.39, 0.29) is 5.97 Å². The fourth-order valence-electron chi connectivity index (χ4n) is 3.58. The fourth-order valence-corrected chi connectivity index (χ4v) is 3.58. The third-order valence-corrected chi connectivity index (χ3v) is 4.81. The van der Waals surface area contributed by atoms with Crippen LogP contribution >= 0.6 is 0 Å². The summed E-state index contributed by atoms with van der Waals surface area (Å²) in [5.74, 6) is 3.23. The predicted octanol–water partition coefficient (Wildman–Crippen LogP) is 3.59. The van der Waals surface area contributed by atoms with Gasteiger partial charge in [0.1, 0.15) is 5.76 Å². The second-order valence-corrected chi connectivity index (χ2v) is 6.35. The number of methoxy groups -OCH3 is 3. The van der Waals surface area contributed by atoms with Gasteiger partial charge in [-0.1, -0.05) is 0 Å². The molecule has 1 aromatic carbocycles. The monoisotopic (exact) mass is 332 g/mol. The second kappa shape index (κ2) is 6.75. The maximum absolute atomic E-state index is 11.5. The van der Waals surface area contributed by atoms with Gasteiger partial charge in [0.05, 0.1) is 21.3 Å². The molecular formula is C19H24O5. The number of hydrogen-bond acceptors (Lipinski definition) is 5. The predicted molar refractivity (Wildman–Crippen MR) is 90.4 cm³/mol. The lowest BCUT2D eigenvalue weighted by Gasteiger charge is -2.18. The highest BCUT2D eigenvalue weighted by molar-refractivity contribution is 5.74. The van der Waals surface area contributed by atoms with E-state index in [9.17, 15) is 4.79 Å². The lowest BCUT2D eigenvalue weighted by Crippen LogP contribution is -2.04. The number of allylic oxidation sites excluding steroid dienone is 1. The third-order valence-electron chi connectivity index (χ3n) is 4.81. The van der Waals surface area contributed by atoms with Gasteiger partial charge in [-0.15, -0.1) is 0 Å². The normalized spacial score (nSPS) is 24.1. The van der Waals surface area contributed by atoms with Crippen LogP contribution in [0.25, 0.3) is 6.08 Å². The lowest BCUT2D eigenvalue weighted by molar-refractivity contribution is -0.137. The molecule has 0 amide bonds. The van der Waals surface area contributed by atoms with Gasteiger partial charge in [0, 0.05) is 18.4 Å². The Morgan fingerprint density at radius 2 is 1.88 bits per heavy atom. The summed E-state index contributed by atoms with van der Waals surface area (Å²) >= 11 is 0. The van der Waals surface area contributed by atoms with Crippen LogP contribution < -0.4 is 14.2 Å². The lowest BCUT2D eigenvalue weighted by atomic mass is 9.99. The van der Waals surface area contributed by atoms with Crippen molar-refractivity contribution in [1.82, 2.24) is 0 Å². The van der Waals surface area contributed by atoms with Crippen molar-refractivity contribution in [1.29, 1.82) is 0 Å². The van der Waals surface area contributed by atoms with Gasteiger partial charge in [-0.05, 0) is 49.3 Å². The first-order valence-electron chi connectivity index (χ1n) is 8.30. The molecule has 2 unspecified atom stereocenters. The van der Waals surface area contributed by atoms with Gasteiger partial charge in [0.2, 0.25) is 5.75 Å². The largest absolute Gasteiger partial charge is 0.493 e. The molecule has 0 aromatic heterocycles. The number of hydrogen-bond donors (Lipinski definition) is 0. The minimum Gasteiger partial charge on any atom is -0.493 e. The van der Waals surface area contributed by atoms with Gasteiger partial charge >= 0.3 is 5.97 Å². The topological polar surface area (TPSA) is 54.0 Å². The Kier molecular flexibility index (Phi) is 4.69. The Hall–Kier alpha value is -2.17. The molecule has 2 atom stereocenters. The van der Waals surface area contributed by atoms with Crippen LogP contribution in [0.15, 0.2) is 11.8 Å². The maximum Gasteiger partial charge on any atom is 0.307 e.